The molecule has 146 valence electrons. The number of hydrogen-bond acceptors (Lipinski definition) is 3. The van der Waals surface area contributed by atoms with Crippen LogP contribution in [-0.4, -0.2) is 21.5 Å². The zero-order chi connectivity index (χ0) is 20.5. The third kappa shape index (κ3) is 4.11. The van der Waals surface area contributed by atoms with Gasteiger partial charge >= 0.3 is 0 Å². The lowest BCUT2D eigenvalue weighted by molar-refractivity contribution is -0.117. The molecule has 0 saturated carbocycles. The Kier molecular flexibility index (Phi) is 5.25. The highest BCUT2D eigenvalue weighted by Gasteiger charge is 2.23. The minimum atomic E-state index is -0.392. The van der Waals surface area contributed by atoms with Gasteiger partial charge in [0.2, 0.25) is 5.91 Å². The topological polar surface area (TPSA) is 63.5 Å². The number of hydrogen-bond donors (Lipinski definition) is 1. The normalized spacial score (nSPS) is 15.2. The monoisotopic (exact) mass is 427 g/mol. The van der Waals surface area contributed by atoms with Gasteiger partial charge in [-0.3, -0.25) is 9.59 Å². The zero-order valence-electron chi connectivity index (χ0n) is 15.3. The smallest absolute Gasteiger partial charge is 0.286 e. The number of rotatable bonds is 3. The molecule has 2 aromatic carbocycles. The van der Waals surface area contributed by atoms with Crippen molar-refractivity contribution in [1.29, 1.82) is 0 Å². The molecule has 1 aliphatic heterocycles. The van der Waals surface area contributed by atoms with Gasteiger partial charge in [0.05, 0.1) is 4.91 Å². The number of nitrogens with one attached hydrogen (secondary N) is 1. The summed E-state index contributed by atoms with van der Waals surface area (Å²) in [6.07, 6.45) is 3.68. The first-order valence-corrected chi connectivity index (χ1v) is 9.92. The van der Waals surface area contributed by atoms with Crippen LogP contribution in [-0.2, 0) is 16.1 Å². The fourth-order valence-electron chi connectivity index (χ4n) is 3.11. The summed E-state index contributed by atoms with van der Waals surface area (Å²) >= 11 is 7.31. The van der Waals surface area contributed by atoms with Crippen molar-refractivity contribution in [3.05, 3.63) is 75.5 Å². The zero-order valence-corrected chi connectivity index (χ0v) is 16.9. The van der Waals surface area contributed by atoms with Crippen LogP contribution in [0.1, 0.15) is 18.1 Å². The number of aromatic nitrogens is 1. The molecule has 29 heavy (non-hydrogen) atoms. The molecule has 5 nitrogen and oxygen atoms in total. The van der Waals surface area contributed by atoms with Gasteiger partial charge in [-0.15, -0.1) is 0 Å². The van der Waals surface area contributed by atoms with Crippen molar-refractivity contribution in [2.24, 2.45) is 4.99 Å². The van der Waals surface area contributed by atoms with Gasteiger partial charge in [-0.25, -0.2) is 4.39 Å². The van der Waals surface area contributed by atoms with E-state index in [0.717, 1.165) is 33.8 Å². The van der Waals surface area contributed by atoms with Crippen molar-refractivity contribution in [3.8, 4) is 0 Å². The molecule has 0 saturated heterocycles. The van der Waals surface area contributed by atoms with Gasteiger partial charge in [-0.2, -0.15) is 4.99 Å². The number of aliphatic imine (C=N–C) groups is 1. The summed E-state index contributed by atoms with van der Waals surface area (Å²) in [5.41, 5.74) is 2.59. The summed E-state index contributed by atoms with van der Waals surface area (Å²) < 4.78 is 15.3. The minimum Gasteiger partial charge on any atom is -0.342 e. The maximum Gasteiger partial charge on any atom is 0.286 e. The van der Waals surface area contributed by atoms with Crippen molar-refractivity contribution in [2.45, 2.75) is 13.5 Å². The standard InChI is InChI=1S/C21H15ClFN3O2S/c1-12(27)24-21-25-20(28)19(29-21)8-14-11-26(18-5-3-2-4-16(14)18)10-13-6-7-15(23)9-17(13)22/h2-9,11H,10H2,1H3,(H,24,25,27,28)/b19-8+. The fourth-order valence-corrected chi connectivity index (χ4v) is 4.19. The fraction of sp³-hybridized carbons (Fsp3) is 0.0952. The number of carbonyl (C=O) groups excluding carboxylic acids is 2. The minimum absolute atomic E-state index is 0.274. The lowest BCUT2D eigenvalue weighted by Crippen LogP contribution is -2.23. The molecule has 0 bridgehead atoms. The summed E-state index contributed by atoms with van der Waals surface area (Å²) in [7, 11) is 0. The molecule has 2 heterocycles. The van der Waals surface area contributed by atoms with Crippen LogP contribution >= 0.6 is 23.4 Å². The number of nitrogens with zero attached hydrogens (tertiary/aromatic N) is 2. The largest absolute Gasteiger partial charge is 0.342 e. The molecule has 2 amide bonds. The summed E-state index contributed by atoms with van der Waals surface area (Å²) in [5.74, 6) is -1.05. The van der Waals surface area contributed by atoms with Gasteiger partial charge < -0.3 is 9.88 Å². The van der Waals surface area contributed by atoms with E-state index >= 15 is 0 Å². The molecule has 1 N–H and O–H groups in total. The van der Waals surface area contributed by atoms with Crippen LogP contribution < -0.4 is 5.32 Å². The van der Waals surface area contributed by atoms with E-state index in [0.29, 0.717) is 16.5 Å². The van der Waals surface area contributed by atoms with E-state index in [2.05, 4.69) is 10.3 Å². The van der Waals surface area contributed by atoms with Gasteiger partial charge in [-0.05, 0) is 41.6 Å². The Morgan fingerprint density at radius 3 is 2.86 bits per heavy atom. The van der Waals surface area contributed by atoms with Gasteiger partial charge in [0.15, 0.2) is 5.17 Å². The summed E-state index contributed by atoms with van der Waals surface area (Å²) in [6.45, 7) is 1.82. The first-order chi connectivity index (χ1) is 13.9. The van der Waals surface area contributed by atoms with Crippen LogP contribution in [0.4, 0.5) is 4.39 Å². The predicted octanol–water partition coefficient (Wildman–Crippen LogP) is 4.59. The van der Waals surface area contributed by atoms with E-state index < -0.39 is 5.91 Å². The Balaban J connectivity index is 1.70. The molecule has 4 rings (SSSR count). The molecular weight excluding hydrogens is 413 g/mol. The van der Waals surface area contributed by atoms with E-state index in [4.69, 9.17) is 11.6 Å². The molecule has 1 aliphatic rings. The number of amides is 2. The predicted molar refractivity (Wildman–Crippen MR) is 114 cm³/mol. The first kappa shape index (κ1) is 19.4. The average Bonchev–Trinajstić information content (AvgIpc) is 3.18. The van der Waals surface area contributed by atoms with Gasteiger partial charge in [0, 0.05) is 41.2 Å². The summed E-state index contributed by atoms with van der Waals surface area (Å²) in [6, 6.07) is 12.1. The molecular formula is C21H15ClFN3O2S. The Hall–Kier alpha value is -2.90. The van der Waals surface area contributed by atoms with Gasteiger partial charge in [0.25, 0.3) is 5.91 Å². The maximum atomic E-state index is 13.3. The van der Waals surface area contributed by atoms with Crippen LogP contribution in [0.3, 0.4) is 0 Å². The number of halogens is 2. The second-order valence-corrected chi connectivity index (χ2v) is 7.92. The summed E-state index contributed by atoms with van der Waals surface area (Å²) in [4.78, 5) is 27.7. The van der Waals surface area contributed by atoms with Crippen LogP contribution in [0.5, 0.6) is 0 Å². The van der Waals surface area contributed by atoms with Crippen LogP contribution in [0, 0.1) is 5.82 Å². The number of carbonyl (C=O) groups is 2. The molecule has 8 heteroatoms. The lowest BCUT2D eigenvalue weighted by Gasteiger charge is -2.07. The second kappa shape index (κ2) is 7.85. The van der Waals surface area contributed by atoms with Crippen molar-refractivity contribution in [3.63, 3.8) is 0 Å². The van der Waals surface area contributed by atoms with E-state index in [9.17, 15) is 14.0 Å². The van der Waals surface area contributed by atoms with Crippen LogP contribution in [0.25, 0.3) is 17.0 Å². The highest BCUT2D eigenvalue weighted by molar-refractivity contribution is 8.18. The Morgan fingerprint density at radius 1 is 1.31 bits per heavy atom. The first-order valence-electron chi connectivity index (χ1n) is 8.72. The van der Waals surface area contributed by atoms with Crippen molar-refractivity contribution in [2.75, 3.05) is 0 Å². The van der Waals surface area contributed by atoms with Gasteiger partial charge in [0.1, 0.15) is 5.82 Å². The molecule has 0 unspecified atom stereocenters. The lowest BCUT2D eigenvalue weighted by atomic mass is 10.1. The number of fused-ring (bicyclic) bond motifs is 1. The molecule has 3 aromatic rings. The third-order valence-corrected chi connectivity index (χ3v) is 5.62. The Bertz CT molecular complexity index is 1220. The van der Waals surface area contributed by atoms with E-state index in [1.807, 2.05) is 35.0 Å². The highest BCUT2D eigenvalue weighted by Crippen LogP contribution is 2.31. The van der Waals surface area contributed by atoms with E-state index in [1.54, 1.807) is 12.1 Å². The van der Waals surface area contributed by atoms with Crippen LogP contribution in [0.15, 0.2) is 58.6 Å². The molecule has 0 radical (unpaired) electrons. The maximum absolute atomic E-state index is 13.3. The Labute approximate surface area is 175 Å². The van der Waals surface area contributed by atoms with E-state index in [1.165, 1.54) is 19.1 Å². The van der Waals surface area contributed by atoms with Gasteiger partial charge in [-0.1, -0.05) is 35.9 Å². The molecule has 0 fully saturated rings. The van der Waals surface area contributed by atoms with Crippen molar-refractivity contribution < 1.29 is 14.0 Å². The second-order valence-electron chi connectivity index (χ2n) is 6.48. The SMILES string of the molecule is CC(=O)NC1=NC(=O)/C(=C\c2cn(Cc3ccc(F)cc3Cl)c3ccccc23)S1. The molecule has 1 aromatic heterocycles. The quantitative estimate of drug-likeness (QED) is 0.622. The molecule has 0 spiro atoms. The number of benzene rings is 2. The van der Waals surface area contributed by atoms with Crippen molar-refractivity contribution >= 4 is 57.3 Å². The Morgan fingerprint density at radius 2 is 2.10 bits per heavy atom. The third-order valence-electron chi connectivity index (χ3n) is 4.37. The molecule has 0 aliphatic carbocycles. The highest BCUT2D eigenvalue weighted by atomic mass is 35.5. The average molecular weight is 428 g/mol. The summed E-state index contributed by atoms with van der Waals surface area (Å²) in [5, 5.41) is 4.13. The van der Waals surface area contributed by atoms with Crippen LogP contribution in [0.2, 0.25) is 5.02 Å². The molecule has 0 atom stereocenters. The number of thioether (sulfide) groups is 1. The van der Waals surface area contributed by atoms with E-state index in [-0.39, 0.29) is 16.9 Å². The number of amidine groups is 1. The van der Waals surface area contributed by atoms with Crippen molar-refractivity contribution in [1.82, 2.24) is 9.88 Å². The number of para-hydroxylation sites is 1.